The molecule has 0 spiro atoms. The number of hydrogen-bond donors (Lipinski definition) is 2. The molecule has 0 saturated heterocycles. The van der Waals surface area contributed by atoms with Crippen LogP contribution >= 0.6 is 0 Å². The fourth-order valence-corrected chi connectivity index (χ4v) is 2.00. The van der Waals surface area contributed by atoms with Gasteiger partial charge in [0.1, 0.15) is 5.75 Å². The summed E-state index contributed by atoms with van der Waals surface area (Å²) in [6, 6.07) is 6.51. The highest BCUT2D eigenvalue weighted by Crippen LogP contribution is 2.17. The minimum atomic E-state index is -3.46. The van der Waals surface area contributed by atoms with Gasteiger partial charge in [0, 0.05) is 11.4 Å². The van der Waals surface area contributed by atoms with Crippen LogP contribution in [0.5, 0.6) is 0 Å². The quantitative estimate of drug-likeness (QED) is 0.813. The van der Waals surface area contributed by atoms with Gasteiger partial charge in [-0.3, -0.25) is 4.79 Å². The van der Waals surface area contributed by atoms with Crippen LogP contribution in [0.1, 0.15) is 20.8 Å². The first-order valence-electron chi connectivity index (χ1n) is 5.49. The van der Waals surface area contributed by atoms with Crippen molar-refractivity contribution in [2.75, 3.05) is 16.8 Å². The van der Waals surface area contributed by atoms with E-state index in [9.17, 15) is 13.2 Å². The number of nitrogen functional groups attached to an aromatic ring is 1. The first-order chi connectivity index (χ1) is 8.12. The van der Waals surface area contributed by atoms with E-state index in [-0.39, 0.29) is 0 Å². The van der Waals surface area contributed by atoms with Crippen LogP contribution in [0.3, 0.4) is 0 Å². The van der Waals surface area contributed by atoms with Gasteiger partial charge in [0.2, 0.25) is 5.91 Å². The molecule has 0 bridgehead atoms. The van der Waals surface area contributed by atoms with Crippen LogP contribution in [0.25, 0.3) is 0 Å². The van der Waals surface area contributed by atoms with Crippen LogP contribution < -0.4 is 11.1 Å². The van der Waals surface area contributed by atoms with Gasteiger partial charge in [-0.1, -0.05) is 0 Å². The Labute approximate surface area is 107 Å². The van der Waals surface area contributed by atoms with Crippen molar-refractivity contribution >= 4 is 27.1 Å². The predicted molar refractivity (Wildman–Crippen MR) is 73.0 cm³/mol. The number of nitrogens with one attached hydrogen (secondary N) is 1. The number of nitrogens with two attached hydrogens (primary N) is 1. The van der Waals surface area contributed by atoms with Crippen molar-refractivity contribution in [1.82, 2.24) is 0 Å². The SMILES string of the molecule is CC(C)(C)S(=O)(=O)CC(=O)Nc1ccc(N)cc1. The summed E-state index contributed by atoms with van der Waals surface area (Å²) in [6.07, 6.45) is 0. The van der Waals surface area contributed by atoms with E-state index < -0.39 is 26.2 Å². The monoisotopic (exact) mass is 270 g/mol. The minimum Gasteiger partial charge on any atom is -0.399 e. The van der Waals surface area contributed by atoms with Gasteiger partial charge in [-0.25, -0.2) is 8.42 Å². The van der Waals surface area contributed by atoms with Crippen LogP contribution in [0.2, 0.25) is 0 Å². The fraction of sp³-hybridized carbons (Fsp3) is 0.417. The molecule has 18 heavy (non-hydrogen) atoms. The third kappa shape index (κ3) is 3.73. The maximum absolute atomic E-state index is 11.8. The maximum Gasteiger partial charge on any atom is 0.239 e. The van der Waals surface area contributed by atoms with Gasteiger partial charge in [0.05, 0.1) is 4.75 Å². The van der Waals surface area contributed by atoms with Gasteiger partial charge >= 0.3 is 0 Å². The number of carbonyl (C=O) groups is 1. The van der Waals surface area contributed by atoms with Crippen molar-refractivity contribution in [3.05, 3.63) is 24.3 Å². The van der Waals surface area contributed by atoms with Crippen LogP contribution in [0.15, 0.2) is 24.3 Å². The largest absolute Gasteiger partial charge is 0.399 e. The normalized spacial score (nSPS) is 12.2. The molecule has 0 aliphatic rings. The van der Waals surface area contributed by atoms with E-state index in [2.05, 4.69) is 5.32 Å². The van der Waals surface area contributed by atoms with Crippen molar-refractivity contribution in [2.45, 2.75) is 25.5 Å². The highest BCUT2D eigenvalue weighted by molar-refractivity contribution is 7.93. The molecule has 0 atom stereocenters. The Morgan fingerprint density at radius 1 is 1.22 bits per heavy atom. The van der Waals surface area contributed by atoms with Crippen LogP contribution in [0.4, 0.5) is 11.4 Å². The molecule has 1 aromatic rings. The molecule has 1 amide bonds. The smallest absolute Gasteiger partial charge is 0.239 e. The molecule has 0 radical (unpaired) electrons. The van der Waals surface area contributed by atoms with Gasteiger partial charge in [0.25, 0.3) is 0 Å². The zero-order valence-electron chi connectivity index (χ0n) is 10.7. The van der Waals surface area contributed by atoms with Crippen molar-refractivity contribution in [3.8, 4) is 0 Å². The number of benzene rings is 1. The number of anilines is 2. The summed E-state index contributed by atoms with van der Waals surface area (Å²) < 4.78 is 22.7. The molecule has 0 fully saturated rings. The van der Waals surface area contributed by atoms with Gasteiger partial charge < -0.3 is 11.1 Å². The lowest BCUT2D eigenvalue weighted by Crippen LogP contribution is -2.35. The molecule has 0 aliphatic carbocycles. The molecule has 3 N–H and O–H groups in total. The standard InChI is InChI=1S/C12H18N2O3S/c1-12(2,3)18(16,17)8-11(15)14-10-6-4-9(13)5-7-10/h4-7H,8,13H2,1-3H3,(H,14,15). The Morgan fingerprint density at radius 2 is 1.72 bits per heavy atom. The third-order valence-electron chi connectivity index (χ3n) is 2.45. The number of hydrogen-bond acceptors (Lipinski definition) is 4. The lowest BCUT2D eigenvalue weighted by molar-refractivity contribution is -0.113. The summed E-state index contributed by atoms with van der Waals surface area (Å²) in [6.45, 7) is 4.70. The molecule has 0 aliphatic heterocycles. The van der Waals surface area contributed by atoms with Gasteiger partial charge in [-0.2, -0.15) is 0 Å². The van der Waals surface area contributed by atoms with Crippen LogP contribution in [0, 0.1) is 0 Å². The van der Waals surface area contributed by atoms with Crippen molar-refractivity contribution in [2.24, 2.45) is 0 Å². The third-order valence-corrected chi connectivity index (χ3v) is 4.96. The molecule has 100 valence electrons. The fourth-order valence-electron chi connectivity index (χ4n) is 1.15. The van der Waals surface area contributed by atoms with E-state index in [4.69, 9.17) is 5.73 Å². The molecule has 5 nitrogen and oxygen atoms in total. The lowest BCUT2D eigenvalue weighted by atomic mass is 10.3. The molecule has 0 heterocycles. The van der Waals surface area contributed by atoms with Crippen molar-refractivity contribution in [1.29, 1.82) is 0 Å². The minimum absolute atomic E-state index is 0.526. The second kappa shape index (κ2) is 4.97. The highest BCUT2D eigenvalue weighted by Gasteiger charge is 2.31. The summed E-state index contributed by atoms with van der Waals surface area (Å²) in [5.74, 6) is -1.07. The molecular weight excluding hydrogens is 252 g/mol. The van der Waals surface area contributed by atoms with Gasteiger partial charge in [0.15, 0.2) is 9.84 Å². The number of rotatable bonds is 3. The van der Waals surface area contributed by atoms with E-state index >= 15 is 0 Å². The molecule has 0 saturated carbocycles. The Hall–Kier alpha value is -1.56. The maximum atomic E-state index is 11.8. The summed E-state index contributed by atoms with van der Waals surface area (Å²) in [4.78, 5) is 11.6. The predicted octanol–water partition coefficient (Wildman–Crippen LogP) is 1.42. The van der Waals surface area contributed by atoms with Crippen molar-refractivity contribution < 1.29 is 13.2 Å². The Bertz CT molecular complexity index is 527. The van der Waals surface area contributed by atoms with Gasteiger partial charge in [-0.15, -0.1) is 0 Å². The van der Waals surface area contributed by atoms with E-state index in [1.165, 1.54) is 0 Å². The Balaban J connectivity index is 2.71. The van der Waals surface area contributed by atoms with E-state index in [0.29, 0.717) is 11.4 Å². The zero-order chi connectivity index (χ0) is 14.0. The average Bonchev–Trinajstić information content (AvgIpc) is 2.19. The van der Waals surface area contributed by atoms with Crippen molar-refractivity contribution in [3.63, 3.8) is 0 Å². The summed E-state index contributed by atoms with van der Waals surface area (Å²) in [5, 5.41) is 2.52. The Morgan fingerprint density at radius 3 is 2.17 bits per heavy atom. The summed E-state index contributed by atoms with van der Waals surface area (Å²) >= 11 is 0. The van der Waals surface area contributed by atoms with E-state index in [1.54, 1.807) is 45.0 Å². The average molecular weight is 270 g/mol. The lowest BCUT2D eigenvalue weighted by Gasteiger charge is -2.18. The molecule has 1 rings (SSSR count). The van der Waals surface area contributed by atoms with Crippen LogP contribution in [-0.4, -0.2) is 24.8 Å². The number of carbonyl (C=O) groups excluding carboxylic acids is 1. The second-order valence-electron chi connectivity index (χ2n) is 5.04. The summed E-state index contributed by atoms with van der Waals surface area (Å²) in [7, 11) is -3.46. The molecule has 6 heteroatoms. The first-order valence-corrected chi connectivity index (χ1v) is 7.15. The molecule has 0 aromatic heterocycles. The van der Waals surface area contributed by atoms with E-state index in [1.807, 2.05) is 0 Å². The number of amides is 1. The number of sulfone groups is 1. The topological polar surface area (TPSA) is 89.3 Å². The Kier molecular flexibility index (Phi) is 4.01. The molecule has 0 unspecified atom stereocenters. The first kappa shape index (κ1) is 14.5. The highest BCUT2D eigenvalue weighted by atomic mass is 32.2. The molecular formula is C12H18N2O3S. The van der Waals surface area contributed by atoms with Gasteiger partial charge in [-0.05, 0) is 45.0 Å². The van der Waals surface area contributed by atoms with E-state index in [0.717, 1.165) is 0 Å². The molecule has 1 aromatic carbocycles. The summed E-state index contributed by atoms with van der Waals surface area (Å²) in [5.41, 5.74) is 6.61. The van der Waals surface area contributed by atoms with Crippen LogP contribution in [-0.2, 0) is 14.6 Å². The zero-order valence-corrected chi connectivity index (χ0v) is 11.5. The second-order valence-corrected chi connectivity index (χ2v) is 7.78.